The van der Waals surface area contributed by atoms with Gasteiger partial charge in [0.1, 0.15) is 0 Å². The molecule has 0 rings (SSSR count). The standard InChI is InChI=1S/C9H20N2O/c1-4-6-7-10-9(12)8-11(3)5-2/h4-8H2,1-3H3,(H,10,12). The Kier molecular flexibility index (Phi) is 6.76. The van der Waals surface area contributed by atoms with E-state index in [4.69, 9.17) is 0 Å². The van der Waals surface area contributed by atoms with Gasteiger partial charge in [-0.2, -0.15) is 0 Å². The first-order valence-electron chi connectivity index (χ1n) is 4.66. The number of carbonyl (C=O) groups is 1. The van der Waals surface area contributed by atoms with E-state index in [0.717, 1.165) is 25.9 Å². The molecule has 0 bridgehead atoms. The molecule has 1 N–H and O–H groups in total. The van der Waals surface area contributed by atoms with Crippen LogP contribution in [0.2, 0.25) is 0 Å². The lowest BCUT2D eigenvalue weighted by Crippen LogP contribution is -2.35. The highest BCUT2D eigenvalue weighted by atomic mass is 16.1. The Morgan fingerprint density at radius 1 is 1.42 bits per heavy atom. The molecule has 0 saturated carbocycles. The summed E-state index contributed by atoms with van der Waals surface area (Å²) in [5.74, 6) is 0.132. The number of unbranched alkanes of at least 4 members (excludes halogenated alkanes) is 1. The molecule has 0 atom stereocenters. The number of likely N-dealkylation sites (N-methyl/N-ethyl adjacent to an activating group) is 1. The second kappa shape index (κ2) is 7.10. The number of nitrogens with zero attached hydrogens (tertiary/aromatic N) is 1. The molecule has 0 aliphatic rings. The van der Waals surface area contributed by atoms with E-state index in [2.05, 4.69) is 12.2 Å². The number of carbonyl (C=O) groups excluding carboxylic acids is 1. The Morgan fingerprint density at radius 2 is 2.08 bits per heavy atom. The fourth-order valence-electron chi connectivity index (χ4n) is 0.817. The van der Waals surface area contributed by atoms with Crippen molar-refractivity contribution in [1.29, 1.82) is 0 Å². The molecule has 3 heteroatoms. The van der Waals surface area contributed by atoms with E-state index in [1.54, 1.807) is 0 Å². The van der Waals surface area contributed by atoms with Gasteiger partial charge in [0.15, 0.2) is 0 Å². The molecule has 0 aromatic carbocycles. The van der Waals surface area contributed by atoms with E-state index in [9.17, 15) is 4.79 Å². The van der Waals surface area contributed by atoms with E-state index < -0.39 is 0 Å². The van der Waals surface area contributed by atoms with Crippen LogP contribution in [-0.4, -0.2) is 37.5 Å². The zero-order valence-corrected chi connectivity index (χ0v) is 8.39. The van der Waals surface area contributed by atoms with Crippen LogP contribution in [0.15, 0.2) is 0 Å². The fourth-order valence-corrected chi connectivity index (χ4v) is 0.817. The van der Waals surface area contributed by atoms with Gasteiger partial charge in [0.2, 0.25) is 5.91 Å². The monoisotopic (exact) mass is 172 g/mol. The van der Waals surface area contributed by atoms with E-state index in [0.29, 0.717) is 6.54 Å². The summed E-state index contributed by atoms with van der Waals surface area (Å²) in [5, 5.41) is 2.87. The maximum Gasteiger partial charge on any atom is 0.234 e. The molecular weight excluding hydrogens is 152 g/mol. The lowest BCUT2D eigenvalue weighted by molar-refractivity contribution is -0.121. The molecule has 0 fully saturated rings. The molecule has 0 heterocycles. The molecule has 0 unspecified atom stereocenters. The third kappa shape index (κ3) is 6.16. The average molecular weight is 172 g/mol. The molecule has 0 aromatic heterocycles. The van der Waals surface area contributed by atoms with E-state index in [-0.39, 0.29) is 5.91 Å². The number of hydrogen-bond acceptors (Lipinski definition) is 2. The second-order valence-electron chi connectivity index (χ2n) is 3.03. The molecule has 0 aliphatic heterocycles. The normalized spacial score (nSPS) is 10.3. The Bertz CT molecular complexity index is 126. The lowest BCUT2D eigenvalue weighted by atomic mass is 10.3. The Balaban J connectivity index is 3.33. The zero-order chi connectivity index (χ0) is 9.40. The minimum absolute atomic E-state index is 0.132. The maximum absolute atomic E-state index is 11.1. The molecule has 0 aromatic rings. The molecule has 0 aliphatic carbocycles. The van der Waals surface area contributed by atoms with Crippen molar-refractivity contribution in [2.75, 3.05) is 26.7 Å². The van der Waals surface area contributed by atoms with Crippen molar-refractivity contribution in [3.8, 4) is 0 Å². The van der Waals surface area contributed by atoms with Crippen LogP contribution in [0.25, 0.3) is 0 Å². The summed E-state index contributed by atoms with van der Waals surface area (Å²) in [6, 6.07) is 0. The molecule has 0 saturated heterocycles. The lowest BCUT2D eigenvalue weighted by Gasteiger charge is -2.12. The number of rotatable bonds is 6. The van der Waals surface area contributed by atoms with E-state index >= 15 is 0 Å². The third-order valence-electron chi connectivity index (χ3n) is 1.81. The topological polar surface area (TPSA) is 32.3 Å². The van der Waals surface area contributed by atoms with Crippen molar-refractivity contribution in [2.24, 2.45) is 0 Å². The Labute approximate surface area is 75.1 Å². The van der Waals surface area contributed by atoms with Gasteiger partial charge in [-0.3, -0.25) is 9.69 Å². The molecule has 72 valence electrons. The molecule has 1 amide bonds. The van der Waals surface area contributed by atoms with Gasteiger partial charge >= 0.3 is 0 Å². The van der Waals surface area contributed by atoms with Gasteiger partial charge in [-0.05, 0) is 20.0 Å². The summed E-state index contributed by atoms with van der Waals surface area (Å²) in [6.07, 6.45) is 2.20. The van der Waals surface area contributed by atoms with Gasteiger partial charge in [0.05, 0.1) is 6.54 Å². The van der Waals surface area contributed by atoms with Crippen molar-refractivity contribution < 1.29 is 4.79 Å². The molecule has 12 heavy (non-hydrogen) atoms. The van der Waals surface area contributed by atoms with Crippen LogP contribution in [0.3, 0.4) is 0 Å². The second-order valence-corrected chi connectivity index (χ2v) is 3.03. The summed E-state index contributed by atoms with van der Waals surface area (Å²) < 4.78 is 0. The summed E-state index contributed by atoms with van der Waals surface area (Å²) in [7, 11) is 1.94. The number of amides is 1. The smallest absolute Gasteiger partial charge is 0.234 e. The van der Waals surface area contributed by atoms with Crippen LogP contribution in [0.5, 0.6) is 0 Å². The van der Waals surface area contributed by atoms with Crippen LogP contribution in [0.4, 0.5) is 0 Å². The first kappa shape index (κ1) is 11.4. The van der Waals surface area contributed by atoms with Gasteiger partial charge in [-0.25, -0.2) is 0 Å². The zero-order valence-electron chi connectivity index (χ0n) is 8.39. The highest BCUT2D eigenvalue weighted by Crippen LogP contribution is 1.84. The van der Waals surface area contributed by atoms with Crippen LogP contribution >= 0.6 is 0 Å². The Morgan fingerprint density at radius 3 is 2.58 bits per heavy atom. The quantitative estimate of drug-likeness (QED) is 0.603. The van der Waals surface area contributed by atoms with Crippen LogP contribution < -0.4 is 5.32 Å². The highest BCUT2D eigenvalue weighted by Gasteiger charge is 2.02. The Hall–Kier alpha value is -0.570. The van der Waals surface area contributed by atoms with Crippen molar-refractivity contribution in [2.45, 2.75) is 26.7 Å². The number of hydrogen-bond donors (Lipinski definition) is 1. The van der Waals surface area contributed by atoms with Gasteiger partial charge < -0.3 is 5.32 Å². The summed E-state index contributed by atoms with van der Waals surface area (Å²) in [6.45, 7) is 6.40. The largest absolute Gasteiger partial charge is 0.355 e. The fraction of sp³-hybridized carbons (Fsp3) is 0.889. The number of nitrogens with one attached hydrogen (secondary N) is 1. The summed E-state index contributed by atoms with van der Waals surface area (Å²) in [4.78, 5) is 13.1. The average Bonchev–Trinajstić information content (AvgIpc) is 2.05. The van der Waals surface area contributed by atoms with Crippen LogP contribution in [0, 0.1) is 0 Å². The predicted octanol–water partition coefficient (Wildman–Crippen LogP) is 0.854. The van der Waals surface area contributed by atoms with Crippen LogP contribution in [0.1, 0.15) is 26.7 Å². The van der Waals surface area contributed by atoms with E-state index in [1.807, 2.05) is 18.9 Å². The van der Waals surface area contributed by atoms with E-state index in [1.165, 1.54) is 0 Å². The molecule has 3 nitrogen and oxygen atoms in total. The predicted molar refractivity (Wildman–Crippen MR) is 51.1 cm³/mol. The summed E-state index contributed by atoms with van der Waals surface area (Å²) in [5.41, 5.74) is 0. The third-order valence-corrected chi connectivity index (χ3v) is 1.81. The molecular formula is C9H20N2O. The van der Waals surface area contributed by atoms with Crippen LogP contribution in [-0.2, 0) is 4.79 Å². The SMILES string of the molecule is CCCCNC(=O)CN(C)CC. The van der Waals surface area contributed by atoms with Crippen molar-refractivity contribution in [3.63, 3.8) is 0 Å². The molecule has 0 radical (unpaired) electrons. The first-order valence-corrected chi connectivity index (χ1v) is 4.66. The molecule has 0 spiro atoms. The van der Waals surface area contributed by atoms with Crippen molar-refractivity contribution in [1.82, 2.24) is 10.2 Å². The minimum atomic E-state index is 0.132. The summed E-state index contributed by atoms with van der Waals surface area (Å²) >= 11 is 0. The van der Waals surface area contributed by atoms with Gasteiger partial charge in [-0.1, -0.05) is 20.3 Å². The van der Waals surface area contributed by atoms with Crippen molar-refractivity contribution in [3.05, 3.63) is 0 Å². The maximum atomic E-state index is 11.1. The first-order chi connectivity index (χ1) is 5.70. The highest BCUT2D eigenvalue weighted by molar-refractivity contribution is 5.77. The van der Waals surface area contributed by atoms with Gasteiger partial charge in [0.25, 0.3) is 0 Å². The van der Waals surface area contributed by atoms with Gasteiger partial charge in [0, 0.05) is 6.54 Å². The van der Waals surface area contributed by atoms with Crippen molar-refractivity contribution >= 4 is 5.91 Å². The minimum Gasteiger partial charge on any atom is -0.355 e. The van der Waals surface area contributed by atoms with Gasteiger partial charge in [-0.15, -0.1) is 0 Å².